The Balaban J connectivity index is 0.000000221. The quantitative estimate of drug-likeness (QED) is 0.703. The van der Waals surface area contributed by atoms with Crippen molar-refractivity contribution in [3.63, 3.8) is 0 Å². The van der Waals surface area contributed by atoms with E-state index in [1.807, 2.05) is 37.3 Å². The molecule has 2 nitrogen and oxygen atoms in total. The topological polar surface area (TPSA) is 36.0 Å². The predicted molar refractivity (Wildman–Crippen MR) is 69.3 cm³/mol. The molecule has 2 N–H and O–H groups in total. The van der Waals surface area contributed by atoms with E-state index in [1.54, 1.807) is 0 Å². The molecular weight excluding hydrogens is 198 g/mol. The summed E-state index contributed by atoms with van der Waals surface area (Å²) in [6.45, 7) is 6.28. The average molecular weight is 217 g/mol. The minimum absolute atomic E-state index is 0.0781. The van der Waals surface area contributed by atoms with Crippen LogP contribution in [0.3, 0.4) is 0 Å². The summed E-state index contributed by atoms with van der Waals surface area (Å²) in [5.74, 6) is 0. The number of rotatable bonds is 1. The molecule has 2 heteroatoms. The van der Waals surface area contributed by atoms with Crippen molar-refractivity contribution >= 4 is 10.9 Å². The predicted octanol–water partition coefficient (Wildman–Crippen LogP) is 3.63. The summed E-state index contributed by atoms with van der Waals surface area (Å²) in [6, 6.07) is 9.92. The second-order valence-corrected chi connectivity index (χ2v) is 3.91. The van der Waals surface area contributed by atoms with Gasteiger partial charge < -0.3 is 10.1 Å². The van der Waals surface area contributed by atoms with Crippen LogP contribution in [0.4, 0.5) is 0 Å². The van der Waals surface area contributed by atoms with Crippen LogP contribution in [0.25, 0.3) is 10.9 Å². The van der Waals surface area contributed by atoms with Gasteiger partial charge in [-0.1, -0.05) is 29.8 Å². The van der Waals surface area contributed by atoms with Gasteiger partial charge in [0.15, 0.2) is 0 Å². The number of aromatic amines is 1. The monoisotopic (exact) mass is 217 g/mol. The third kappa shape index (κ3) is 3.55. The van der Waals surface area contributed by atoms with Crippen molar-refractivity contribution in [1.29, 1.82) is 0 Å². The Kier molecular flexibility index (Phi) is 4.80. The summed E-state index contributed by atoms with van der Waals surface area (Å²) in [5, 5.41) is 9.96. The van der Waals surface area contributed by atoms with Crippen LogP contribution >= 0.6 is 0 Å². The molecule has 0 bridgehead atoms. The summed E-state index contributed by atoms with van der Waals surface area (Å²) in [7, 11) is 0. The molecule has 0 fully saturated rings. The van der Waals surface area contributed by atoms with Gasteiger partial charge in [-0.3, -0.25) is 0 Å². The van der Waals surface area contributed by atoms with Crippen LogP contribution < -0.4 is 0 Å². The first-order valence-corrected chi connectivity index (χ1v) is 5.44. The van der Waals surface area contributed by atoms with Crippen LogP contribution in [-0.2, 0) is 6.61 Å². The van der Waals surface area contributed by atoms with E-state index in [2.05, 4.69) is 24.9 Å². The summed E-state index contributed by atoms with van der Waals surface area (Å²) in [5.41, 5.74) is 3.33. The SMILES string of the molecule is CC=C(C)C.OCc1cc2ccccc2[nH]1. The lowest BCUT2D eigenvalue weighted by Gasteiger charge is -1.84. The van der Waals surface area contributed by atoms with Gasteiger partial charge >= 0.3 is 0 Å². The molecule has 0 saturated heterocycles. The average Bonchev–Trinajstić information content (AvgIpc) is 2.72. The molecule has 2 rings (SSSR count). The van der Waals surface area contributed by atoms with Crippen LogP contribution in [0.5, 0.6) is 0 Å². The lowest BCUT2D eigenvalue weighted by molar-refractivity contribution is 0.278. The van der Waals surface area contributed by atoms with E-state index in [1.165, 1.54) is 5.57 Å². The Morgan fingerprint density at radius 2 is 1.94 bits per heavy atom. The van der Waals surface area contributed by atoms with Gasteiger partial charge in [-0.25, -0.2) is 0 Å². The number of allylic oxidation sites excluding steroid dienone is 2. The number of aliphatic hydroxyl groups excluding tert-OH is 1. The van der Waals surface area contributed by atoms with Gasteiger partial charge in [0.2, 0.25) is 0 Å². The molecule has 2 aromatic rings. The van der Waals surface area contributed by atoms with Crippen LogP contribution in [0.1, 0.15) is 26.5 Å². The van der Waals surface area contributed by atoms with Gasteiger partial charge in [0.1, 0.15) is 0 Å². The Bertz CT molecular complexity index is 431. The van der Waals surface area contributed by atoms with E-state index in [0.717, 1.165) is 16.6 Å². The highest BCUT2D eigenvalue weighted by Crippen LogP contribution is 2.13. The maximum atomic E-state index is 8.81. The summed E-state index contributed by atoms with van der Waals surface area (Å²) >= 11 is 0. The molecule has 0 saturated carbocycles. The number of H-pyrrole nitrogens is 1. The molecule has 0 aliphatic heterocycles. The Morgan fingerprint density at radius 3 is 2.44 bits per heavy atom. The number of para-hydroxylation sites is 1. The zero-order valence-corrected chi connectivity index (χ0v) is 10.1. The van der Waals surface area contributed by atoms with Crippen LogP contribution in [0, 0.1) is 0 Å². The molecule has 0 radical (unpaired) electrons. The summed E-state index contributed by atoms with van der Waals surface area (Å²) in [6.07, 6.45) is 2.08. The molecule has 0 amide bonds. The molecule has 0 aliphatic rings. The van der Waals surface area contributed by atoms with E-state index in [4.69, 9.17) is 5.11 Å². The maximum Gasteiger partial charge on any atom is 0.0831 e. The molecule has 0 spiro atoms. The van der Waals surface area contributed by atoms with Gasteiger partial charge in [0, 0.05) is 11.2 Å². The van der Waals surface area contributed by atoms with E-state index in [0.29, 0.717) is 0 Å². The number of nitrogens with one attached hydrogen (secondary N) is 1. The third-order valence-electron chi connectivity index (χ3n) is 2.33. The van der Waals surface area contributed by atoms with Gasteiger partial charge in [0.05, 0.1) is 6.61 Å². The zero-order valence-electron chi connectivity index (χ0n) is 10.1. The highest BCUT2D eigenvalue weighted by molar-refractivity contribution is 5.80. The van der Waals surface area contributed by atoms with Crippen molar-refractivity contribution < 1.29 is 5.11 Å². The lowest BCUT2D eigenvalue weighted by atomic mass is 10.2. The molecule has 1 aromatic carbocycles. The minimum atomic E-state index is 0.0781. The number of aliphatic hydroxyl groups is 1. The Morgan fingerprint density at radius 1 is 1.31 bits per heavy atom. The van der Waals surface area contributed by atoms with Crippen molar-refractivity contribution in [2.45, 2.75) is 27.4 Å². The third-order valence-corrected chi connectivity index (χ3v) is 2.33. The fraction of sp³-hybridized carbons (Fsp3) is 0.286. The molecule has 1 heterocycles. The summed E-state index contributed by atoms with van der Waals surface area (Å²) in [4.78, 5) is 3.10. The first kappa shape index (κ1) is 12.5. The molecule has 16 heavy (non-hydrogen) atoms. The van der Waals surface area contributed by atoms with Crippen molar-refractivity contribution in [2.24, 2.45) is 0 Å². The highest BCUT2D eigenvalue weighted by atomic mass is 16.3. The van der Waals surface area contributed by atoms with Crippen molar-refractivity contribution in [2.75, 3.05) is 0 Å². The fourth-order valence-corrected chi connectivity index (χ4v) is 1.22. The normalized spacial score (nSPS) is 9.50. The van der Waals surface area contributed by atoms with Crippen molar-refractivity contribution in [3.8, 4) is 0 Å². The molecular formula is C14H19NO. The molecule has 0 aliphatic carbocycles. The second kappa shape index (κ2) is 6.13. The number of hydrogen-bond donors (Lipinski definition) is 2. The Labute approximate surface area is 96.6 Å². The van der Waals surface area contributed by atoms with Crippen LogP contribution in [-0.4, -0.2) is 10.1 Å². The van der Waals surface area contributed by atoms with E-state index >= 15 is 0 Å². The van der Waals surface area contributed by atoms with Gasteiger partial charge in [0.25, 0.3) is 0 Å². The molecule has 1 aromatic heterocycles. The minimum Gasteiger partial charge on any atom is -0.390 e. The largest absolute Gasteiger partial charge is 0.390 e. The van der Waals surface area contributed by atoms with E-state index < -0.39 is 0 Å². The molecule has 0 atom stereocenters. The van der Waals surface area contributed by atoms with Crippen molar-refractivity contribution in [3.05, 3.63) is 47.7 Å². The first-order chi connectivity index (χ1) is 7.67. The van der Waals surface area contributed by atoms with Crippen molar-refractivity contribution in [1.82, 2.24) is 4.98 Å². The van der Waals surface area contributed by atoms with E-state index in [9.17, 15) is 0 Å². The number of aromatic nitrogens is 1. The second-order valence-electron chi connectivity index (χ2n) is 3.91. The molecule has 86 valence electrons. The number of fused-ring (bicyclic) bond motifs is 1. The lowest BCUT2D eigenvalue weighted by Crippen LogP contribution is -1.78. The standard InChI is InChI=1S/C9H9NO.C5H10/c11-6-8-5-7-3-1-2-4-9(7)10-8;1-4-5(2)3/h1-5,10-11H,6H2;4H,1-3H3. The number of hydrogen-bond acceptors (Lipinski definition) is 1. The van der Waals surface area contributed by atoms with Gasteiger partial charge in [-0.15, -0.1) is 0 Å². The zero-order chi connectivity index (χ0) is 12.0. The van der Waals surface area contributed by atoms with Crippen LogP contribution in [0.2, 0.25) is 0 Å². The smallest absolute Gasteiger partial charge is 0.0831 e. The maximum absolute atomic E-state index is 8.81. The summed E-state index contributed by atoms with van der Waals surface area (Å²) < 4.78 is 0. The fourth-order valence-electron chi connectivity index (χ4n) is 1.22. The van der Waals surface area contributed by atoms with Gasteiger partial charge in [-0.05, 0) is 38.3 Å². The Hall–Kier alpha value is -1.54. The molecule has 0 unspecified atom stereocenters. The highest BCUT2D eigenvalue weighted by Gasteiger charge is 1.96. The van der Waals surface area contributed by atoms with E-state index in [-0.39, 0.29) is 6.61 Å². The first-order valence-electron chi connectivity index (χ1n) is 5.44. The van der Waals surface area contributed by atoms with Crippen LogP contribution in [0.15, 0.2) is 42.0 Å². The van der Waals surface area contributed by atoms with Gasteiger partial charge in [-0.2, -0.15) is 0 Å². The number of benzene rings is 1.